The highest BCUT2D eigenvalue weighted by atomic mass is 19.1. The minimum atomic E-state index is -0.516. The van der Waals surface area contributed by atoms with Crippen molar-refractivity contribution in [1.29, 1.82) is 0 Å². The van der Waals surface area contributed by atoms with Crippen LogP contribution in [-0.2, 0) is 4.74 Å². The van der Waals surface area contributed by atoms with Crippen LogP contribution < -0.4 is 0 Å². The highest BCUT2D eigenvalue weighted by Crippen LogP contribution is 2.07. The van der Waals surface area contributed by atoms with Gasteiger partial charge >= 0.3 is 0 Å². The maximum Gasteiger partial charge on any atom is 0.191 e. The Bertz CT molecular complexity index is 360. The molecule has 0 aromatic heterocycles. The van der Waals surface area contributed by atoms with Crippen LogP contribution in [0.1, 0.15) is 17.3 Å². The Hall–Kier alpha value is -1.48. The molecule has 0 N–H and O–H groups in total. The molecule has 80 valence electrons. The molecule has 1 unspecified atom stereocenters. The highest BCUT2D eigenvalue weighted by Gasteiger charge is 2.11. The van der Waals surface area contributed by atoms with Crippen molar-refractivity contribution < 1.29 is 13.9 Å². The lowest BCUT2D eigenvalue weighted by atomic mass is 10.1. The van der Waals surface area contributed by atoms with E-state index >= 15 is 0 Å². The van der Waals surface area contributed by atoms with Gasteiger partial charge in [0.05, 0.1) is 11.7 Å². The van der Waals surface area contributed by atoms with Gasteiger partial charge in [-0.05, 0) is 19.1 Å². The third-order valence-electron chi connectivity index (χ3n) is 1.98. The molecule has 0 bridgehead atoms. The van der Waals surface area contributed by atoms with Crippen molar-refractivity contribution in [3.05, 3.63) is 48.3 Å². The van der Waals surface area contributed by atoms with Crippen LogP contribution in [0.5, 0.6) is 0 Å². The van der Waals surface area contributed by atoms with Gasteiger partial charge in [0, 0.05) is 0 Å². The SMILES string of the molecule is C=CC(C)OCC(=O)c1ccccc1F. The number of benzene rings is 1. The van der Waals surface area contributed by atoms with Gasteiger partial charge in [0.25, 0.3) is 0 Å². The summed E-state index contributed by atoms with van der Waals surface area (Å²) < 4.78 is 18.3. The zero-order valence-electron chi connectivity index (χ0n) is 8.57. The normalized spacial score (nSPS) is 12.1. The zero-order chi connectivity index (χ0) is 11.3. The van der Waals surface area contributed by atoms with Crippen LogP contribution in [0.25, 0.3) is 0 Å². The average molecular weight is 208 g/mol. The molecule has 0 radical (unpaired) electrons. The monoisotopic (exact) mass is 208 g/mol. The first-order valence-electron chi connectivity index (χ1n) is 4.67. The first kappa shape index (κ1) is 11.6. The highest BCUT2D eigenvalue weighted by molar-refractivity contribution is 5.97. The van der Waals surface area contributed by atoms with E-state index in [-0.39, 0.29) is 24.1 Å². The van der Waals surface area contributed by atoms with E-state index in [1.807, 2.05) is 0 Å². The largest absolute Gasteiger partial charge is 0.366 e. The maximum atomic E-state index is 13.1. The van der Waals surface area contributed by atoms with Crippen molar-refractivity contribution in [3.8, 4) is 0 Å². The summed E-state index contributed by atoms with van der Waals surface area (Å²) in [5.41, 5.74) is 0.0637. The lowest BCUT2D eigenvalue weighted by Gasteiger charge is -2.07. The minimum absolute atomic E-state index is 0.0637. The Kier molecular flexibility index (Phi) is 4.18. The predicted molar refractivity (Wildman–Crippen MR) is 56.3 cm³/mol. The van der Waals surface area contributed by atoms with E-state index in [0.717, 1.165) is 0 Å². The molecule has 0 spiro atoms. The summed E-state index contributed by atoms with van der Waals surface area (Å²) >= 11 is 0. The van der Waals surface area contributed by atoms with E-state index in [0.29, 0.717) is 0 Å². The Morgan fingerprint density at radius 2 is 2.27 bits per heavy atom. The van der Waals surface area contributed by atoms with E-state index in [4.69, 9.17) is 4.74 Å². The van der Waals surface area contributed by atoms with Crippen LogP contribution in [-0.4, -0.2) is 18.5 Å². The van der Waals surface area contributed by atoms with Crippen molar-refractivity contribution in [2.75, 3.05) is 6.61 Å². The van der Waals surface area contributed by atoms with Gasteiger partial charge in [0.15, 0.2) is 5.78 Å². The van der Waals surface area contributed by atoms with Gasteiger partial charge < -0.3 is 4.74 Å². The quantitative estimate of drug-likeness (QED) is 0.549. The molecule has 0 aliphatic carbocycles. The van der Waals surface area contributed by atoms with Crippen molar-refractivity contribution in [3.63, 3.8) is 0 Å². The number of Topliss-reactive ketones (excluding diaryl/α,β-unsaturated/α-hetero) is 1. The lowest BCUT2D eigenvalue weighted by molar-refractivity contribution is 0.0655. The standard InChI is InChI=1S/C12H13FO2/c1-3-9(2)15-8-12(14)10-6-4-5-7-11(10)13/h3-7,9H,1,8H2,2H3. The van der Waals surface area contributed by atoms with Crippen molar-refractivity contribution in [1.82, 2.24) is 0 Å². The van der Waals surface area contributed by atoms with E-state index in [1.54, 1.807) is 25.1 Å². The molecule has 0 saturated heterocycles. The summed E-state index contributed by atoms with van der Waals surface area (Å²) in [6, 6.07) is 5.86. The van der Waals surface area contributed by atoms with E-state index in [2.05, 4.69) is 6.58 Å². The molecule has 3 heteroatoms. The topological polar surface area (TPSA) is 26.3 Å². The number of rotatable bonds is 5. The molecular formula is C12H13FO2. The molecule has 1 aromatic rings. The summed E-state index contributed by atoms with van der Waals surface area (Å²) in [5, 5.41) is 0. The lowest BCUT2D eigenvalue weighted by Crippen LogP contribution is -2.15. The second kappa shape index (κ2) is 5.41. The van der Waals surface area contributed by atoms with Gasteiger partial charge in [0.2, 0.25) is 0 Å². The molecule has 0 heterocycles. The van der Waals surface area contributed by atoms with Gasteiger partial charge in [-0.15, -0.1) is 6.58 Å². The first-order chi connectivity index (χ1) is 7.15. The van der Waals surface area contributed by atoms with Crippen LogP contribution in [0.2, 0.25) is 0 Å². The summed E-state index contributed by atoms with van der Waals surface area (Å²) in [4.78, 5) is 11.5. The third kappa shape index (κ3) is 3.29. The molecular weight excluding hydrogens is 195 g/mol. The number of carbonyl (C=O) groups is 1. The van der Waals surface area contributed by atoms with E-state index < -0.39 is 5.82 Å². The molecule has 1 aromatic carbocycles. The molecule has 0 amide bonds. The van der Waals surface area contributed by atoms with Gasteiger partial charge in [-0.2, -0.15) is 0 Å². The second-order valence-electron chi connectivity index (χ2n) is 3.15. The summed E-state index contributed by atoms with van der Waals surface area (Å²) in [7, 11) is 0. The van der Waals surface area contributed by atoms with Crippen LogP contribution in [0.3, 0.4) is 0 Å². The molecule has 0 saturated carbocycles. The molecule has 1 rings (SSSR count). The Balaban J connectivity index is 2.62. The second-order valence-corrected chi connectivity index (χ2v) is 3.15. The Morgan fingerprint density at radius 3 is 2.87 bits per heavy atom. The number of hydrogen-bond donors (Lipinski definition) is 0. The molecule has 0 aliphatic heterocycles. The van der Waals surface area contributed by atoms with Gasteiger partial charge in [0.1, 0.15) is 12.4 Å². The van der Waals surface area contributed by atoms with Crippen molar-refractivity contribution >= 4 is 5.78 Å². The number of carbonyl (C=O) groups excluding carboxylic acids is 1. The van der Waals surface area contributed by atoms with Gasteiger partial charge in [-0.25, -0.2) is 4.39 Å². The molecule has 1 atom stereocenters. The smallest absolute Gasteiger partial charge is 0.191 e. The van der Waals surface area contributed by atoms with Crippen molar-refractivity contribution in [2.45, 2.75) is 13.0 Å². The summed E-state index contributed by atoms with van der Waals surface area (Å²) in [6.07, 6.45) is 1.37. The average Bonchev–Trinajstić information content (AvgIpc) is 2.26. The van der Waals surface area contributed by atoms with Crippen molar-refractivity contribution in [2.24, 2.45) is 0 Å². The van der Waals surface area contributed by atoms with Gasteiger partial charge in [-0.1, -0.05) is 18.2 Å². The van der Waals surface area contributed by atoms with Crippen LogP contribution in [0.15, 0.2) is 36.9 Å². The summed E-state index contributed by atoms with van der Waals surface area (Å²) in [5.74, 6) is -0.876. The van der Waals surface area contributed by atoms with Crippen LogP contribution in [0.4, 0.5) is 4.39 Å². The Morgan fingerprint density at radius 1 is 1.60 bits per heavy atom. The minimum Gasteiger partial charge on any atom is -0.366 e. The fourth-order valence-corrected chi connectivity index (χ4v) is 1.04. The molecule has 0 aliphatic rings. The van der Waals surface area contributed by atoms with E-state index in [9.17, 15) is 9.18 Å². The molecule has 0 fully saturated rings. The van der Waals surface area contributed by atoms with E-state index in [1.165, 1.54) is 12.1 Å². The van der Waals surface area contributed by atoms with Crippen LogP contribution >= 0.6 is 0 Å². The first-order valence-corrected chi connectivity index (χ1v) is 4.67. The fourth-order valence-electron chi connectivity index (χ4n) is 1.04. The summed E-state index contributed by atoms with van der Waals surface area (Å²) in [6.45, 7) is 5.15. The third-order valence-corrected chi connectivity index (χ3v) is 1.98. The Labute approximate surface area is 88.4 Å². The zero-order valence-corrected chi connectivity index (χ0v) is 8.57. The predicted octanol–water partition coefficient (Wildman–Crippen LogP) is 2.60. The number of hydrogen-bond acceptors (Lipinski definition) is 2. The van der Waals surface area contributed by atoms with Crippen LogP contribution in [0, 0.1) is 5.82 Å². The molecule has 15 heavy (non-hydrogen) atoms. The maximum absolute atomic E-state index is 13.1. The fraction of sp³-hybridized carbons (Fsp3) is 0.250. The number of ether oxygens (including phenoxy) is 1. The number of halogens is 1. The van der Waals surface area contributed by atoms with Gasteiger partial charge in [-0.3, -0.25) is 4.79 Å². The number of ketones is 1. The molecule has 2 nitrogen and oxygen atoms in total.